The SMILES string of the molecule is CCOc1ccccc1Nc1nnc(SCCn2c(=O)oc3ccccc32)s1. The molecule has 0 bridgehead atoms. The molecular weight excluding hydrogens is 396 g/mol. The number of ether oxygens (including phenoxy) is 1. The van der Waals surface area contributed by atoms with Crippen LogP contribution in [-0.4, -0.2) is 27.1 Å². The Labute approximate surface area is 169 Å². The fourth-order valence-corrected chi connectivity index (χ4v) is 4.49. The van der Waals surface area contributed by atoms with Crippen LogP contribution in [0, 0.1) is 0 Å². The van der Waals surface area contributed by atoms with Crippen LogP contribution in [0.2, 0.25) is 0 Å². The number of rotatable bonds is 8. The Morgan fingerprint density at radius 3 is 2.89 bits per heavy atom. The van der Waals surface area contributed by atoms with Crippen LogP contribution in [-0.2, 0) is 6.54 Å². The molecule has 2 aromatic heterocycles. The normalized spacial score (nSPS) is 11.0. The largest absolute Gasteiger partial charge is 0.492 e. The van der Waals surface area contributed by atoms with Crippen molar-refractivity contribution in [2.24, 2.45) is 0 Å². The first kappa shape index (κ1) is 18.6. The molecule has 2 heterocycles. The molecule has 0 aliphatic heterocycles. The molecule has 0 spiro atoms. The number of hydrogen-bond donors (Lipinski definition) is 1. The van der Waals surface area contributed by atoms with Crippen molar-refractivity contribution in [3.63, 3.8) is 0 Å². The van der Waals surface area contributed by atoms with Gasteiger partial charge in [-0.25, -0.2) is 4.79 Å². The van der Waals surface area contributed by atoms with Crippen molar-refractivity contribution in [2.45, 2.75) is 17.8 Å². The van der Waals surface area contributed by atoms with Gasteiger partial charge in [-0.1, -0.05) is 47.4 Å². The molecule has 0 fully saturated rings. The number of aromatic nitrogens is 3. The quantitative estimate of drug-likeness (QED) is 0.428. The summed E-state index contributed by atoms with van der Waals surface area (Å²) in [4.78, 5) is 12.0. The van der Waals surface area contributed by atoms with E-state index in [-0.39, 0.29) is 5.76 Å². The lowest BCUT2D eigenvalue weighted by molar-refractivity contribution is 0.342. The van der Waals surface area contributed by atoms with Gasteiger partial charge in [-0.2, -0.15) is 0 Å². The zero-order valence-electron chi connectivity index (χ0n) is 15.1. The minimum Gasteiger partial charge on any atom is -0.492 e. The third-order valence-electron chi connectivity index (χ3n) is 3.95. The van der Waals surface area contributed by atoms with Gasteiger partial charge in [0.05, 0.1) is 17.8 Å². The van der Waals surface area contributed by atoms with Gasteiger partial charge in [0.25, 0.3) is 0 Å². The molecule has 0 aliphatic rings. The molecule has 0 atom stereocenters. The summed E-state index contributed by atoms with van der Waals surface area (Å²) in [6, 6.07) is 15.1. The molecule has 0 saturated carbocycles. The number of aryl methyl sites for hydroxylation is 1. The number of thioether (sulfide) groups is 1. The lowest BCUT2D eigenvalue weighted by Gasteiger charge is -2.09. The third kappa shape index (κ3) is 4.05. The zero-order valence-corrected chi connectivity index (χ0v) is 16.8. The molecule has 0 radical (unpaired) electrons. The summed E-state index contributed by atoms with van der Waals surface area (Å²) in [5.74, 6) is 1.13. The summed E-state index contributed by atoms with van der Waals surface area (Å²) >= 11 is 3.02. The maximum atomic E-state index is 12.0. The summed E-state index contributed by atoms with van der Waals surface area (Å²) in [5, 5.41) is 12.3. The van der Waals surface area contributed by atoms with Gasteiger partial charge in [0.2, 0.25) is 5.13 Å². The highest BCUT2D eigenvalue weighted by molar-refractivity contribution is 8.01. The molecule has 0 unspecified atom stereocenters. The molecule has 0 saturated heterocycles. The van der Waals surface area contributed by atoms with Gasteiger partial charge in [0, 0.05) is 12.3 Å². The molecule has 2 aromatic carbocycles. The molecule has 7 nitrogen and oxygen atoms in total. The minimum absolute atomic E-state index is 0.339. The lowest BCUT2D eigenvalue weighted by atomic mass is 10.3. The van der Waals surface area contributed by atoms with E-state index >= 15 is 0 Å². The highest BCUT2D eigenvalue weighted by Gasteiger charge is 2.11. The average Bonchev–Trinajstić information content (AvgIpc) is 3.28. The topological polar surface area (TPSA) is 82.2 Å². The summed E-state index contributed by atoms with van der Waals surface area (Å²) in [5.41, 5.74) is 2.27. The van der Waals surface area contributed by atoms with E-state index in [0.717, 1.165) is 21.3 Å². The van der Waals surface area contributed by atoms with Gasteiger partial charge in [-0.15, -0.1) is 10.2 Å². The first-order chi connectivity index (χ1) is 13.7. The predicted molar refractivity (Wildman–Crippen MR) is 112 cm³/mol. The van der Waals surface area contributed by atoms with E-state index in [1.54, 1.807) is 22.4 Å². The van der Waals surface area contributed by atoms with E-state index in [1.165, 1.54) is 11.3 Å². The van der Waals surface area contributed by atoms with E-state index in [1.807, 2.05) is 49.4 Å². The monoisotopic (exact) mass is 414 g/mol. The minimum atomic E-state index is -0.339. The van der Waals surface area contributed by atoms with Crippen molar-refractivity contribution in [1.82, 2.24) is 14.8 Å². The highest BCUT2D eigenvalue weighted by Crippen LogP contribution is 2.31. The molecule has 4 rings (SSSR count). The van der Waals surface area contributed by atoms with Crippen molar-refractivity contribution < 1.29 is 9.15 Å². The fraction of sp³-hybridized carbons (Fsp3) is 0.211. The van der Waals surface area contributed by atoms with E-state index in [0.29, 0.717) is 29.6 Å². The molecule has 4 aromatic rings. The smallest absolute Gasteiger partial charge is 0.419 e. The summed E-state index contributed by atoms with van der Waals surface area (Å²) in [6.07, 6.45) is 0. The van der Waals surface area contributed by atoms with Crippen LogP contribution in [0.15, 0.2) is 62.1 Å². The number of para-hydroxylation sites is 4. The van der Waals surface area contributed by atoms with Gasteiger partial charge in [-0.05, 0) is 31.2 Å². The Kier molecular flexibility index (Phi) is 5.63. The summed E-state index contributed by atoms with van der Waals surface area (Å²) in [7, 11) is 0. The second-order valence-corrected chi connectivity index (χ2v) is 8.08. The van der Waals surface area contributed by atoms with Crippen molar-refractivity contribution in [3.8, 4) is 5.75 Å². The number of nitrogens with one attached hydrogen (secondary N) is 1. The molecular formula is C19H18N4O3S2. The van der Waals surface area contributed by atoms with Crippen LogP contribution in [0.3, 0.4) is 0 Å². The van der Waals surface area contributed by atoms with Gasteiger partial charge in [-0.3, -0.25) is 4.57 Å². The van der Waals surface area contributed by atoms with Crippen LogP contribution in [0.25, 0.3) is 11.1 Å². The maximum absolute atomic E-state index is 12.0. The molecule has 0 aliphatic carbocycles. The standard InChI is InChI=1S/C19H18N4O3S2/c1-2-25-15-9-5-3-7-13(15)20-17-21-22-18(28-17)27-12-11-23-14-8-4-6-10-16(14)26-19(23)24/h3-10H,2,11-12H2,1H3,(H,20,21). The number of hydrogen-bond acceptors (Lipinski definition) is 8. The Morgan fingerprint density at radius 1 is 1.18 bits per heavy atom. The van der Waals surface area contributed by atoms with E-state index in [2.05, 4.69) is 15.5 Å². The van der Waals surface area contributed by atoms with E-state index in [4.69, 9.17) is 9.15 Å². The number of anilines is 2. The van der Waals surface area contributed by atoms with E-state index in [9.17, 15) is 4.79 Å². The fourth-order valence-electron chi connectivity index (χ4n) is 2.74. The highest BCUT2D eigenvalue weighted by atomic mass is 32.2. The van der Waals surface area contributed by atoms with Crippen LogP contribution in [0.4, 0.5) is 10.8 Å². The lowest BCUT2D eigenvalue weighted by Crippen LogP contribution is -2.15. The summed E-state index contributed by atoms with van der Waals surface area (Å²) < 4.78 is 13.3. The Balaban J connectivity index is 1.39. The van der Waals surface area contributed by atoms with Crippen LogP contribution >= 0.6 is 23.1 Å². The van der Waals surface area contributed by atoms with Crippen molar-refractivity contribution >= 4 is 45.0 Å². The van der Waals surface area contributed by atoms with Crippen LogP contribution < -0.4 is 15.8 Å². The van der Waals surface area contributed by atoms with Crippen LogP contribution in [0.1, 0.15) is 6.92 Å². The third-order valence-corrected chi connectivity index (χ3v) is 5.90. The van der Waals surface area contributed by atoms with Gasteiger partial charge < -0.3 is 14.5 Å². The second kappa shape index (κ2) is 8.49. The van der Waals surface area contributed by atoms with Crippen molar-refractivity contribution in [1.29, 1.82) is 0 Å². The van der Waals surface area contributed by atoms with Crippen molar-refractivity contribution in [2.75, 3.05) is 17.7 Å². The summed E-state index contributed by atoms with van der Waals surface area (Å²) in [6.45, 7) is 3.08. The van der Waals surface area contributed by atoms with Gasteiger partial charge in [0.15, 0.2) is 9.92 Å². The maximum Gasteiger partial charge on any atom is 0.419 e. The predicted octanol–water partition coefficient (Wildman–Crippen LogP) is 4.38. The van der Waals surface area contributed by atoms with E-state index < -0.39 is 0 Å². The first-order valence-electron chi connectivity index (χ1n) is 8.78. The number of nitrogens with zero attached hydrogens (tertiary/aromatic N) is 3. The molecule has 28 heavy (non-hydrogen) atoms. The van der Waals surface area contributed by atoms with Crippen LogP contribution in [0.5, 0.6) is 5.75 Å². The second-order valence-electron chi connectivity index (χ2n) is 5.76. The molecule has 0 amide bonds. The average molecular weight is 415 g/mol. The Morgan fingerprint density at radius 2 is 2.00 bits per heavy atom. The Bertz CT molecular complexity index is 1140. The van der Waals surface area contributed by atoms with Gasteiger partial charge in [0.1, 0.15) is 5.75 Å². The molecule has 1 N–H and O–H groups in total. The number of benzene rings is 2. The van der Waals surface area contributed by atoms with Crippen molar-refractivity contribution in [3.05, 3.63) is 59.1 Å². The Hall–Kier alpha value is -2.78. The first-order valence-corrected chi connectivity index (χ1v) is 10.6. The zero-order chi connectivity index (χ0) is 19.3. The van der Waals surface area contributed by atoms with Gasteiger partial charge >= 0.3 is 5.76 Å². The number of oxazole rings is 1. The molecule has 144 valence electrons. The molecule has 9 heteroatoms. The number of fused-ring (bicyclic) bond motifs is 1.